The molecular formula is C17H22N2O5. The zero-order chi connectivity index (χ0) is 18.3. The van der Waals surface area contributed by atoms with Crippen molar-refractivity contribution in [3.05, 3.63) is 35.9 Å². The maximum atomic E-state index is 11.7. The van der Waals surface area contributed by atoms with Crippen LogP contribution in [-0.4, -0.2) is 35.7 Å². The second-order valence-corrected chi connectivity index (χ2v) is 6.00. The van der Waals surface area contributed by atoms with Crippen LogP contribution >= 0.6 is 0 Å². The fourth-order valence-corrected chi connectivity index (χ4v) is 1.61. The molecule has 1 rings (SSSR count). The zero-order valence-corrected chi connectivity index (χ0v) is 14.5. The van der Waals surface area contributed by atoms with Gasteiger partial charge in [0, 0.05) is 25.7 Å². The molecule has 24 heavy (non-hydrogen) atoms. The third-order valence-electron chi connectivity index (χ3n) is 2.55. The second-order valence-electron chi connectivity index (χ2n) is 6.00. The molecule has 0 aliphatic carbocycles. The van der Waals surface area contributed by atoms with Crippen LogP contribution in [0.15, 0.2) is 30.3 Å². The predicted molar refractivity (Wildman–Crippen MR) is 89.9 cm³/mol. The Morgan fingerprint density at radius 1 is 1.12 bits per heavy atom. The van der Waals surface area contributed by atoms with Crippen LogP contribution in [0.25, 0.3) is 6.08 Å². The van der Waals surface area contributed by atoms with Gasteiger partial charge in [0.15, 0.2) is 0 Å². The van der Waals surface area contributed by atoms with Crippen molar-refractivity contribution >= 4 is 29.7 Å². The first kappa shape index (κ1) is 19.2. The summed E-state index contributed by atoms with van der Waals surface area (Å²) in [5.41, 5.74) is 0.750. The fraction of sp³-hybridized carbons (Fsp3) is 0.353. The van der Waals surface area contributed by atoms with E-state index in [-0.39, 0.29) is 0 Å². The van der Waals surface area contributed by atoms with Gasteiger partial charge in [-0.05, 0) is 44.5 Å². The summed E-state index contributed by atoms with van der Waals surface area (Å²) in [4.78, 5) is 38.7. The Balaban J connectivity index is 2.61. The number of rotatable bonds is 3. The Labute approximate surface area is 141 Å². The van der Waals surface area contributed by atoms with Crippen LogP contribution in [0.3, 0.4) is 0 Å². The minimum atomic E-state index is -0.572. The number of amides is 2. The molecule has 0 fully saturated rings. The van der Waals surface area contributed by atoms with Crippen molar-refractivity contribution in [3.63, 3.8) is 0 Å². The highest BCUT2D eigenvalue weighted by Crippen LogP contribution is 2.13. The van der Waals surface area contributed by atoms with Crippen molar-refractivity contribution < 1.29 is 24.0 Å². The largest absolute Gasteiger partial charge is 0.444 e. The van der Waals surface area contributed by atoms with Crippen LogP contribution in [-0.2, 0) is 19.2 Å². The monoisotopic (exact) mass is 334 g/mol. The summed E-state index contributed by atoms with van der Waals surface area (Å²) in [5.74, 6) is -1.04. The quantitative estimate of drug-likeness (QED) is 0.678. The number of ether oxygens (including phenoxy) is 1. The van der Waals surface area contributed by atoms with Crippen molar-refractivity contribution in [1.29, 1.82) is 0 Å². The molecule has 0 saturated carbocycles. The van der Waals surface area contributed by atoms with E-state index >= 15 is 0 Å². The van der Waals surface area contributed by atoms with Crippen LogP contribution in [0.4, 0.5) is 10.5 Å². The molecule has 0 aliphatic heterocycles. The van der Waals surface area contributed by atoms with Crippen molar-refractivity contribution in [2.24, 2.45) is 0 Å². The molecule has 0 unspecified atom stereocenters. The number of nitrogens with zero attached hydrogens (tertiary/aromatic N) is 1. The highest BCUT2D eigenvalue weighted by atomic mass is 16.7. The number of likely N-dealkylation sites (N-methyl/N-ethyl adjacent to an activating group) is 1. The molecule has 0 aliphatic rings. The summed E-state index contributed by atoms with van der Waals surface area (Å²) in [6.45, 7) is 6.56. The lowest BCUT2D eigenvalue weighted by atomic mass is 10.2. The molecule has 0 saturated heterocycles. The van der Waals surface area contributed by atoms with Gasteiger partial charge in [-0.2, -0.15) is 5.06 Å². The molecule has 1 aromatic rings. The molecule has 7 heteroatoms. The number of hydrogen-bond acceptors (Lipinski definition) is 5. The summed E-state index contributed by atoms with van der Waals surface area (Å²) >= 11 is 0. The first-order chi connectivity index (χ1) is 11.1. The van der Waals surface area contributed by atoms with Crippen molar-refractivity contribution in [3.8, 4) is 0 Å². The van der Waals surface area contributed by atoms with Gasteiger partial charge in [0.25, 0.3) is 5.91 Å². The zero-order valence-electron chi connectivity index (χ0n) is 14.5. The molecule has 130 valence electrons. The highest BCUT2D eigenvalue weighted by Gasteiger charge is 2.16. The lowest BCUT2D eigenvalue weighted by Crippen LogP contribution is -2.27. The number of hydrogen-bond donors (Lipinski definition) is 1. The summed E-state index contributed by atoms with van der Waals surface area (Å²) in [6.07, 6.45) is 2.31. The van der Waals surface area contributed by atoms with Crippen LogP contribution in [0, 0.1) is 0 Å². The summed E-state index contributed by atoms with van der Waals surface area (Å²) < 4.78 is 5.15. The maximum absolute atomic E-state index is 11.7. The fourth-order valence-electron chi connectivity index (χ4n) is 1.61. The Hall–Kier alpha value is -2.83. The molecule has 0 aromatic heterocycles. The van der Waals surface area contributed by atoms with Crippen molar-refractivity contribution in [1.82, 2.24) is 5.06 Å². The van der Waals surface area contributed by atoms with Gasteiger partial charge >= 0.3 is 12.1 Å². The Morgan fingerprint density at radius 3 is 2.21 bits per heavy atom. The van der Waals surface area contributed by atoms with Gasteiger partial charge in [-0.15, -0.1) is 0 Å². The number of nitrogens with one attached hydrogen (secondary N) is 1. The van der Waals surface area contributed by atoms with Gasteiger partial charge in [-0.1, -0.05) is 12.1 Å². The van der Waals surface area contributed by atoms with E-state index in [4.69, 9.17) is 4.74 Å². The Morgan fingerprint density at radius 2 is 1.71 bits per heavy atom. The molecule has 1 N–H and O–H groups in total. The standard InChI is InChI=1S/C17H22N2O5/c1-12(20)24-19(5)15(21)11-8-13-6-9-14(10-7-13)18-16(22)23-17(2,3)4/h6-11H,1-5H3,(H,18,22)/b11-8+. The topological polar surface area (TPSA) is 84.9 Å². The second kappa shape index (κ2) is 8.14. The first-order valence-electron chi connectivity index (χ1n) is 7.31. The third-order valence-corrected chi connectivity index (χ3v) is 2.55. The first-order valence-corrected chi connectivity index (χ1v) is 7.31. The van der Waals surface area contributed by atoms with E-state index in [9.17, 15) is 14.4 Å². The average molecular weight is 334 g/mol. The molecule has 0 heterocycles. The molecule has 1 aromatic carbocycles. The number of hydroxylamine groups is 2. The van der Waals surface area contributed by atoms with E-state index in [0.29, 0.717) is 5.69 Å². The maximum Gasteiger partial charge on any atom is 0.412 e. The van der Waals surface area contributed by atoms with E-state index in [1.165, 1.54) is 20.0 Å². The van der Waals surface area contributed by atoms with Gasteiger partial charge < -0.3 is 9.57 Å². The molecule has 7 nitrogen and oxygen atoms in total. The molecular weight excluding hydrogens is 312 g/mol. The van der Waals surface area contributed by atoms with E-state index in [2.05, 4.69) is 10.2 Å². The van der Waals surface area contributed by atoms with Crippen LogP contribution in [0.5, 0.6) is 0 Å². The molecule has 0 radical (unpaired) electrons. The SMILES string of the molecule is CC(=O)ON(C)C(=O)/C=C/c1ccc(NC(=O)OC(C)(C)C)cc1. The van der Waals surface area contributed by atoms with Gasteiger partial charge in [-0.25, -0.2) is 4.79 Å². The smallest absolute Gasteiger partial charge is 0.412 e. The van der Waals surface area contributed by atoms with Gasteiger partial charge in [-0.3, -0.25) is 14.9 Å². The van der Waals surface area contributed by atoms with Crippen LogP contribution < -0.4 is 5.32 Å². The van der Waals surface area contributed by atoms with E-state index in [1.807, 2.05) is 0 Å². The van der Waals surface area contributed by atoms with Crippen molar-refractivity contribution in [2.45, 2.75) is 33.3 Å². The molecule has 2 amide bonds. The summed E-state index contributed by atoms with van der Waals surface area (Å²) in [5, 5.41) is 3.46. The van der Waals surface area contributed by atoms with Gasteiger partial charge in [0.1, 0.15) is 5.60 Å². The van der Waals surface area contributed by atoms with E-state index < -0.39 is 23.6 Å². The highest BCUT2D eigenvalue weighted by molar-refractivity contribution is 5.91. The number of carbonyl (C=O) groups is 3. The normalized spacial score (nSPS) is 11.0. The van der Waals surface area contributed by atoms with E-state index in [0.717, 1.165) is 10.6 Å². The van der Waals surface area contributed by atoms with Crippen LogP contribution in [0.2, 0.25) is 0 Å². The average Bonchev–Trinajstić information content (AvgIpc) is 2.43. The van der Waals surface area contributed by atoms with Crippen molar-refractivity contribution in [2.75, 3.05) is 12.4 Å². The predicted octanol–water partition coefficient (Wildman–Crippen LogP) is 2.98. The minimum Gasteiger partial charge on any atom is -0.444 e. The van der Waals surface area contributed by atoms with E-state index in [1.54, 1.807) is 51.1 Å². The third kappa shape index (κ3) is 7.44. The molecule has 0 atom stereocenters. The minimum absolute atomic E-state index is 0.471. The Kier molecular flexibility index (Phi) is 6.52. The summed E-state index contributed by atoms with van der Waals surface area (Å²) in [6, 6.07) is 6.82. The molecule has 0 bridgehead atoms. The molecule has 0 spiro atoms. The number of anilines is 1. The lowest BCUT2D eigenvalue weighted by Gasteiger charge is -2.19. The van der Waals surface area contributed by atoms with Crippen LogP contribution in [0.1, 0.15) is 33.3 Å². The number of benzene rings is 1. The lowest BCUT2D eigenvalue weighted by molar-refractivity contribution is -0.187. The van der Waals surface area contributed by atoms with Gasteiger partial charge in [0.2, 0.25) is 0 Å². The summed E-state index contributed by atoms with van der Waals surface area (Å²) in [7, 11) is 1.35. The van der Waals surface area contributed by atoms with Gasteiger partial charge in [0.05, 0.1) is 0 Å². The number of carbonyl (C=O) groups excluding carboxylic acids is 3. The Bertz CT molecular complexity index is 629.